The Bertz CT molecular complexity index is 1070. The van der Waals surface area contributed by atoms with Gasteiger partial charge in [-0.15, -0.1) is 0 Å². The molecule has 0 atom stereocenters. The summed E-state index contributed by atoms with van der Waals surface area (Å²) >= 11 is 5.79. The first-order chi connectivity index (χ1) is 12.8. The molecule has 0 bridgehead atoms. The molecular weight excluding hydrogens is 384 g/mol. The highest BCUT2D eigenvalue weighted by Gasteiger charge is 2.19. The van der Waals surface area contributed by atoms with Gasteiger partial charge in [0.1, 0.15) is 0 Å². The second-order valence-electron chi connectivity index (χ2n) is 6.17. The normalized spacial score (nSPS) is 11.2. The van der Waals surface area contributed by atoms with Crippen LogP contribution < -0.4 is 5.32 Å². The molecule has 138 valence electrons. The van der Waals surface area contributed by atoms with Gasteiger partial charge in [-0.25, -0.2) is 13.4 Å². The molecular formula is C20H17ClN2O3S. The minimum Gasteiger partial charge on any atom is -0.322 e. The van der Waals surface area contributed by atoms with Crippen LogP contribution in [0.4, 0.5) is 5.69 Å². The topological polar surface area (TPSA) is 76.1 Å². The first kappa shape index (κ1) is 19.1. The Hall–Kier alpha value is -2.70. The number of aromatic nitrogens is 1. The zero-order valence-corrected chi connectivity index (χ0v) is 16.3. The van der Waals surface area contributed by atoms with E-state index in [0.29, 0.717) is 10.7 Å². The summed E-state index contributed by atoms with van der Waals surface area (Å²) in [5.74, 6) is -0.358. The number of sulfone groups is 1. The second kappa shape index (κ2) is 7.50. The van der Waals surface area contributed by atoms with Crippen LogP contribution >= 0.6 is 11.6 Å². The molecule has 2 aromatic carbocycles. The molecule has 0 fully saturated rings. The van der Waals surface area contributed by atoms with Gasteiger partial charge in [-0.05, 0) is 73.5 Å². The van der Waals surface area contributed by atoms with Crippen molar-refractivity contribution in [2.24, 2.45) is 0 Å². The summed E-state index contributed by atoms with van der Waals surface area (Å²) in [6.45, 7) is 3.89. The number of carbonyl (C=O) groups is 1. The molecule has 0 saturated heterocycles. The zero-order valence-electron chi connectivity index (χ0n) is 14.7. The molecule has 0 radical (unpaired) electrons. The van der Waals surface area contributed by atoms with Gasteiger partial charge in [-0.1, -0.05) is 17.7 Å². The SMILES string of the molecule is Cc1cc(C)cc(NC(=O)c2ccc(S(=O)(=O)c3ccc(Cl)cc3)nc2)c1. The lowest BCUT2D eigenvalue weighted by molar-refractivity contribution is 0.102. The molecule has 0 aliphatic heterocycles. The third kappa shape index (κ3) is 4.35. The Kier molecular flexibility index (Phi) is 5.30. The zero-order chi connectivity index (χ0) is 19.6. The van der Waals surface area contributed by atoms with E-state index in [0.717, 1.165) is 11.1 Å². The lowest BCUT2D eigenvalue weighted by atomic mass is 10.1. The van der Waals surface area contributed by atoms with E-state index in [4.69, 9.17) is 11.6 Å². The van der Waals surface area contributed by atoms with Gasteiger partial charge in [-0.2, -0.15) is 0 Å². The minimum absolute atomic E-state index is 0.0897. The minimum atomic E-state index is -3.77. The maximum absolute atomic E-state index is 12.6. The highest BCUT2D eigenvalue weighted by Crippen LogP contribution is 2.21. The summed E-state index contributed by atoms with van der Waals surface area (Å²) in [6.07, 6.45) is 1.25. The molecule has 0 spiro atoms. The van der Waals surface area contributed by atoms with Crippen LogP contribution in [0, 0.1) is 13.8 Å². The Balaban J connectivity index is 1.82. The van der Waals surface area contributed by atoms with E-state index < -0.39 is 9.84 Å². The van der Waals surface area contributed by atoms with Crippen LogP contribution in [0.3, 0.4) is 0 Å². The molecule has 1 amide bonds. The largest absolute Gasteiger partial charge is 0.322 e. The van der Waals surface area contributed by atoms with E-state index in [1.165, 1.54) is 42.6 Å². The molecule has 7 heteroatoms. The number of aryl methyl sites for hydroxylation is 2. The summed E-state index contributed by atoms with van der Waals surface area (Å²) in [4.78, 5) is 16.4. The number of rotatable bonds is 4. The van der Waals surface area contributed by atoms with Crippen molar-refractivity contribution in [3.63, 3.8) is 0 Å². The maximum atomic E-state index is 12.6. The molecule has 0 aliphatic rings. The van der Waals surface area contributed by atoms with Gasteiger partial charge in [-0.3, -0.25) is 4.79 Å². The molecule has 0 unspecified atom stereocenters. The van der Waals surface area contributed by atoms with Crippen molar-refractivity contribution >= 4 is 33.0 Å². The summed E-state index contributed by atoms with van der Waals surface area (Å²) < 4.78 is 25.2. The lowest BCUT2D eigenvalue weighted by Crippen LogP contribution is -2.13. The van der Waals surface area contributed by atoms with Crippen molar-refractivity contribution < 1.29 is 13.2 Å². The third-order valence-corrected chi connectivity index (χ3v) is 5.81. The fourth-order valence-electron chi connectivity index (χ4n) is 2.66. The second-order valence-corrected chi connectivity index (χ2v) is 8.51. The predicted octanol–water partition coefficient (Wildman–Crippen LogP) is 4.44. The van der Waals surface area contributed by atoms with Gasteiger partial charge < -0.3 is 5.32 Å². The number of carbonyl (C=O) groups excluding carboxylic acids is 1. The quantitative estimate of drug-likeness (QED) is 0.702. The van der Waals surface area contributed by atoms with E-state index in [9.17, 15) is 13.2 Å². The van der Waals surface area contributed by atoms with Crippen molar-refractivity contribution in [1.82, 2.24) is 4.98 Å². The van der Waals surface area contributed by atoms with Crippen LogP contribution in [0.2, 0.25) is 5.02 Å². The van der Waals surface area contributed by atoms with Gasteiger partial charge in [0.25, 0.3) is 5.91 Å². The van der Waals surface area contributed by atoms with E-state index in [-0.39, 0.29) is 21.4 Å². The Labute approximate surface area is 163 Å². The van der Waals surface area contributed by atoms with E-state index in [1.807, 2.05) is 32.0 Å². The first-order valence-corrected chi connectivity index (χ1v) is 9.98. The first-order valence-electron chi connectivity index (χ1n) is 8.12. The van der Waals surface area contributed by atoms with Gasteiger partial charge in [0.2, 0.25) is 9.84 Å². The standard InChI is InChI=1S/C20H17ClN2O3S/c1-13-9-14(2)11-17(10-13)23-20(24)15-3-8-19(22-12-15)27(25,26)18-6-4-16(21)5-7-18/h3-12H,1-2H3,(H,23,24). The molecule has 1 N–H and O–H groups in total. The van der Waals surface area contributed by atoms with Gasteiger partial charge in [0.05, 0.1) is 10.5 Å². The van der Waals surface area contributed by atoms with Gasteiger partial charge in [0.15, 0.2) is 5.03 Å². The lowest BCUT2D eigenvalue weighted by Gasteiger charge is -2.08. The number of amides is 1. The van der Waals surface area contributed by atoms with Gasteiger partial charge >= 0.3 is 0 Å². The number of hydrogen-bond donors (Lipinski definition) is 1. The molecule has 1 aromatic heterocycles. The molecule has 1 heterocycles. The summed E-state index contributed by atoms with van der Waals surface area (Å²) in [6, 6.07) is 14.3. The van der Waals surface area contributed by atoms with Crippen LogP contribution in [-0.2, 0) is 9.84 Å². The number of nitrogens with one attached hydrogen (secondary N) is 1. The van der Waals surface area contributed by atoms with Crippen molar-refractivity contribution in [3.8, 4) is 0 Å². The monoisotopic (exact) mass is 400 g/mol. The summed E-state index contributed by atoms with van der Waals surface area (Å²) in [5.41, 5.74) is 3.01. The molecule has 5 nitrogen and oxygen atoms in total. The fourth-order valence-corrected chi connectivity index (χ4v) is 3.96. The molecule has 0 saturated carbocycles. The maximum Gasteiger partial charge on any atom is 0.257 e. The average Bonchev–Trinajstić information content (AvgIpc) is 2.61. The smallest absolute Gasteiger partial charge is 0.257 e. The van der Waals surface area contributed by atoms with Crippen molar-refractivity contribution in [2.75, 3.05) is 5.32 Å². The summed E-state index contributed by atoms with van der Waals surface area (Å²) in [5, 5.41) is 3.11. The van der Waals surface area contributed by atoms with E-state index in [1.54, 1.807) is 0 Å². The van der Waals surface area contributed by atoms with Crippen LogP contribution in [0.1, 0.15) is 21.5 Å². The van der Waals surface area contributed by atoms with Crippen molar-refractivity contribution in [2.45, 2.75) is 23.8 Å². The third-order valence-electron chi connectivity index (χ3n) is 3.88. The summed E-state index contributed by atoms with van der Waals surface area (Å²) in [7, 11) is -3.77. The Morgan fingerprint density at radius 3 is 2.15 bits per heavy atom. The van der Waals surface area contributed by atoms with E-state index in [2.05, 4.69) is 10.3 Å². The van der Waals surface area contributed by atoms with Crippen LogP contribution in [0.5, 0.6) is 0 Å². The van der Waals surface area contributed by atoms with E-state index >= 15 is 0 Å². The van der Waals surface area contributed by atoms with Crippen molar-refractivity contribution in [3.05, 3.63) is 82.5 Å². The number of nitrogens with zero attached hydrogens (tertiary/aromatic N) is 1. The number of anilines is 1. The molecule has 27 heavy (non-hydrogen) atoms. The van der Waals surface area contributed by atoms with Crippen molar-refractivity contribution in [1.29, 1.82) is 0 Å². The van der Waals surface area contributed by atoms with Gasteiger partial charge in [0, 0.05) is 16.9 Å². The molecule has 3 rings (SSSR count). The highest BCUT2D eigenvalue weighted by molar-refractivity contribution is 7.91. The van der Waals surface area contributed by atoms with Crippen LogP contribution in [0.25, 0.3) is 0 Å². The Morgan fingerprint density at radius 1 is 0.963 bits per heavy atom. The number of benzene rings is 2. The fraction of sp³-hybridized carbons (Fsp3) is 0.100. The highest BCUT2D eigenvalue weighted by atomic mass is 35.5. The molecule has 3 aromatic rings. The number of hydrogen-bond acceptors (Lipinski definition) is 4. The number of pyridine rings is 1. The van der Waals surface area contributed by atoms with Crippen LogP contribution in [0.15, 0.2) is 70.7 Å². The average molecular weight is 401 g/mol. The van der Waals surface area contributed by atoms with Crippen LogP contribution in [-0.4, -0.2) is 19.3 Å². The number of halogens is 1. The predicted molar refractivity (Wildman–Crippen MR) is 105 cm³/mol. The molecule has 0 aliphatic carbocycles. The Morgan fingerprint density at radius 2 is 1.59 bits per heavy atom.